The second kappa shape index (κ2) is 6.44. The minimum Gasteiger partial charge on any atom is -0.317 e. The number of rotatable bonds is 6. The molecule has 0 amide bonds. The number of nitrogens with one attached hydrogen (secondary N) is 2. The molecule has 2 N–H and O–H groups in total. The molecule has 0 aliphatic rings. The summed E-state index contributed by atoms with van der Waals surface area (Å²) in [5, 5.41) is 6.79. The summed E-state index contributed by atoms with van der Waals surface area (Å²) in [6.07, 6.45) is 2.54. The average Bonchev–Trinajstić information content (AvgIpc) is 1.94. The standard InChI is InChI=1S/C10H24N2/c1-5-11-8-6-7-9-12-10(2,3)4/h11-12H,5-9H2,1-4H3. The number of unbranched alkanes of at least 4 members (excludes halogenated alkanes) is 1. The summed E-state index contributed by atoms with van der Waals surface area (Å²) < 4.78 is 0. The zero-order valence-corrected chi connectivity index (χ0v) is 9.04. The molecule has 12 heavy (non-hydrogen) atoms. The molecule has 0 bridgehead atoms. The highest BCUT2D eigenvalue weighted by molar-refractivity contribution is 4.69. The van der Waals surface area contributed by atoms with Gasteiger partial charge < -0.3 is 10.6 Å². The maximum atomic E-state index is 3.47. The molecule has 2 heteroatoms. The molecule has 0 radical (unpaired) electrons. The van der Waals surface area contributed by atoms with Gasteiger partial charge in [0.15, 0.2) is 0 Å². The lowest BCUT2D eigenvalue weighted by Crippen LogP contribution is -2.36. The lowest BCUT2D eigenvalue weighted by molar-refractivity contribution is 0.417. The second-order valence-electron chi connectivity index (χ2n) is 4.24. The molecule has 0 aromatic carbocycles. The van der Waals surface area contributed by atoms with Crippen LogP contribution in [-0.2, 0) is 0 Å². The van der Waals surface area contributed by atoms with Crippen molar-refractivity contribution in [1.82, 2.24) is 10.6 Å². The van der Waals surface area contributed by atoms with Gasteiger partial charge in [-0.25, -0.2) is 0 Å². The predicted molar refractivity (Wildman–Crippen MR) is 55.5 cm³/mol. The summed E-state index contributed by atoms with van der Waals surface area (Å²) in [7, 11) is 0. The quantitative estimate of drug-likeness (QED) is 0.597. The topological polar surface area (TPSA) is 24.1 Å². The molecule has 2 nitrogen and oxygen atoms in total. The van der Waals surface area contributed by atoms with Crippen LogP contribution in [0.25, 0.3) is 0 Å². The van der Waals surface area contributed by atoms with Gasteiger partial charge in [0.1, 0.15) is 0 Å². The van der Waals surface area contributed by atoms with Crippen LogP contribution in [-0.4, -0.2) is 25.2 Å². The largest absolute Gasteiger partial charge is 0.317 e. The van der Waals surface area contributed by atoms with Crippen molar-refractivity contribution in [2.45, 2.75) is 46.1 Å². The molecule has 0 unspecified atom stereocenters. The highest BCUT2D eigenvalue weighted by Gasteiger charge is 2.06. The molecule has 0 rings (SSSR count). The predicted octanol–water partition coefficient (Wildman–Crippen LogP) is 1.76. The Morgan fingerprint density at radius 2 is 1.58 bits per heavy atom. The van der Waals surface area contributed by atoms with Crippen molar-refractivity contribution in [2.24, 2.45) is 0 Å². The highest BCUT2D eigenvalue weighted by Crippen LogP contribution is 1.98. The summed E-state index contributed by atoms with van der Waals surface area (Å²) in [6.45, 7) is 12.1. The van der Waals surface area contributed by atoms with Crippen LogP contribution < -0.4 is 10.6 Å². The molecule has 0 spiro atoms. The van der Waals surface area contributed by atoms with Gasteiger partial charge in [-0.1, -0.05) is 6.92 Å². The van der Waals surface area contributed by atoms with E-state index in [1.807, 2.05) is 0 Å². The third-order valence-corrected chi connectivity index (χ3v) is 1.69. The lowest BCUT2D eigenvalue weighted by atomic mass is 10.1. The van der Waals surface area contributed by atoms with E-state index in [-0.39, 0.29) is 5.54 Å². The number of hydrogen-bond donors (Lipinski definition) is 2. The van der Waals surface area contributed by atoms with Crippen molar-refractivity contribution in [3.8, 4) is 0 Å². The first kappa shape index (κ1) is 11.9. The van der Waals surface area contributed by atoms with Crippen LogP contribution >= 0.6 is 0 Å². The van der Waals surface area contributed by atoms with Crippen LogP contribution in [0.2, 0.25) is 0 Å². The smallest absolute Gasteiger partial charge is 0.00965 e. The van der Waals surface area contributed by atoms with Crippen molar-refractivity contribution < 1.29 is 0 Å². The summed E-state index contributed by atoms with van der Waals surface area (Å²) >= 11 is 0. The molecule has 0 aromatic heterocycles. The third kappa shape index (κ3) is 9.92. The van der Waals surface area contributed by atoms with Crippen molar-refractivity contribution in [3.63, 3.8) is 0 Å². The third-order valence-electron chi connectivity index (χ3n) is 1.69. The molecule has 0 aromatic rings. The van der Waals surface area contributed by atoms with Crippen LogP contribution in [0.4, 0.5) is 0 Å². The van der Waals surface area contributed by atoms with E-state index in [9.17, 15) is 0 Å². The van der Waals surface area contributed by atoms with Gasteiger partial charge in [0.05, 0.1) is 0 Å². The molecular formula is C10H24N2. The molecule has 0 saturated heterocycles. The Kier molecular flexibility index (Phi) is 6.39. The Hall–Kier alpha value is -0.0800. The summed E-state index contributed by atoms with van der Waals surface area (Å²) in [5.41, 5.74) is 0.276. The van der Waals surface area contributed by atoms with Gasteiger partial charge in [0, 0.05) is 5.54 Å². The summed E-state index contributed by atoms with van der Waals surface area (Å²) in [6, 6.07) is 0. The van der Waals surface area contributed by atoms with E-state index in [4.69, 9.17) is 0 Å². The normalized spacial score (nSPS) is 12.0. The first-order chi connectivity index (χ1) is 5.56. The Morgan fingerprint density at radius 3 is 2.08 bits per heavy atom. The minimum absolute atomic E-state index is 0.276. The monoisotopic (exact) mass is 172 g/mol. The molecule has 0 fully saturated rings. The summed E-state index contributed by atoms with van der Waals surface area (Å²) in [4.78, 5) is 0. The van der Waals surface area contributed by atoms with Gasteiger partial charge in [-0.15, -0.1) is 0 Å². The Labute approximate surface area is 77.1 Å². The highest BCUT2D eigenvalue weighted by atomic mass is 14.9. The first-order valence-electron chi connectivity index (χ1n) is 5.02. The Morgan fingerprint density at radius 1 is 1.00 bits per heavy atom. The fraction of sp³-hybridized carbons (Fsp3) is 1.00. The zero-order valence-electron chi connectivity index (χ0n) is 9.04. The molecule has 74 valence electrons. The van der Waals surface area contributed by atoms with E-state index in [1.54, 1.807) is 0 Å². The number of hydrogen-bond acceptors (Lipinski definition) is 2. The minimum atomic E-state index is 0.276. The van der Waals surface area contributed by atoms with Crippen molar-refractivity contribution in [3.05, 3.63) is 0 Å². The van der Waals surface area contributed by atoms with Crippen LogP contribution in [0.15, 0.2) is 0 Å². The molecular weight excluding hydrogens is 148 g/mol. The van der Waals surface area contributed by atoms with Gasteiger partial charge in [-0.3, -0.25) is 0 Å². The van der Waals surface area contributed by atoms with E-state index >= 15 is 0 Å². The van der Waals surface area contributed by atoms with Gasteiger partial charge in [-0.2, -0.15) is 0 Å². The van der Waals surface area contributed by atoms with Gasteiger partial charge >= 0.3 is 0 Å². The van der Waals surface area contributed by atoms with Crippen molar-refractivity contribution in [2.75, 3.05) is 19.6 Å². The fourth-order valence-electron chi connectivity index (χ4n) is 1.02. The summed E-state index contributed by atoms with van der Waals surface area (Å²) in [5.74, 6) is 0. The van der Waals surface area contributed by atoms with Crippen molar-refractivity contribution >= 4 is 0 Å². The zero-order chi connectivity index (χ0) is 9.45. The van der Waals surface area contributed by atoms with E-state index in [0.29, 0.717) is 0 Å². The van der Waals surface area contributed by atoms with Gasteiger partial charge in [0.2, 0.25) is 0 Å². The average molecular weight is 172 g/mol. The Bertz CT molecular complexity index is 94.5. The maximum absolute atomic E-state index is 3.47. The molecule has 0 aliphatic heterocycles. The second-order valence-corrected chi connectivity index (χ2v) is 4.24. The van der Waals surface area contributed by atoms with E-state index < -0.39 is 0 Å². The molecule has 0 saturated carbocycles. The Balaban J connectivity index is 3.01. The van der Waals surface area contributed by atoms with E-state index in [0.717, 1.165) is 19.6 Å². The van der Waals surface area contributed by atoms with Crippen LogP contribution in [0, 0.1) is 0 Å². The van der Waals surface area contributed by atoms with Gasteiger partial charge in [-0.05, 0) is 53.2 Å². The van der Waals surface area contributed by atoms with E-state index in [2.05, 4.69) is 38.3 Å². The lowest BCUT2D eigenvalue weighted by Gasteiger charge is -2.20. The van der Waals surface area contributed by atoms with E-state index in [1.165, 1.54) is 12.8 Å². The fourth-order valence-corrected chi connectivity index (χ4v) is 1.02. The molecule has 0 heterocycles. The SMILES string of the molecule is CCNCCCCNC(C)(C)C. The first-order valence-corrected chi connectivity index (χ1v) is 5.02. The maximum Gasteiger partial charge on any atom is 0.00965 e. The van der Waals surface area contributed by atoms with Crippen LogP contribution in [0.5, 0.6) is 0 Å². The molecule has 0 aliphatic carbocycles. The van der Waals surface area contributed by atoms with Crippen molar-refractivity contribution in [1.29, 1.82) is 0 Å². The van der Waals surface area contributed by atoms with Crippen LogP contribution in [0.3, 0.4) is 0 Å². The van der Waals surface area contributed by atoms with Gasteiger partial charge in [0.25, 0.3) is 0 Å². The van der Waals surface area contributed by atoms with Crippen LogP contribution in [0.1, 0.15) is 40.5 Å². The molecule has 0 atom stereocenters.